The van der Waals surface area contributed by atoms with Crippen molar-refractivity contribution in [3.8, 4) is 0 Å². The number of hydrogen-bond acceptors (Lipinski definition) is 4. The molecule has 2 rings (SSSR count). The molecule has 2 N–H and O–H groups in total. The van der Waals surface area contributed by atoms with E-state index in [1.807, 2.05) is 24.3 Å². The van der Waals surface area contributed by atoms with Crippen LogP contribution in [0.25, 0.3) is 0 Å². The van der Waals surface area contributed by atoms with Gasteiger partial charge in [-0.2, -0.15) is 0 Å². The Bertz CT molecular complexity index is 599. The highest BCUT2D eigenvalue weighted by atomic mass is 35.5. The molecule has 7 heteroatoms. The van der Waals surface area contributed by atoms with E-state index >= 15 is 0 Å². The van der Waals surface area contributed by atoms with Gasteiger partial charge in [0.1, 0.15) is 12.4 Å². The van der Waals surface area contributed by atoms with E-state index in [-0.39, 0.29) is 6.54 Å². The van der Waals surface area contributed by atoms with Crippen LogP contribution in [0.1, 0.15) is 11.4 Å². The Kier molecular flexibility index (Phi) is 4.44. The van der Waals surface area contributed by atoms with Gasteiger partial charge in [-0.3, -0.25) is 9.36 Å². The number of aromatic nitrogens is 3. The van der Waals surface area contributed by atoms with Gasteiger partial charge < -0.3 is 5.73 Å². The maximum Gasteiger partial charge on any atom is 0.237 e. The number of halogens is 1. The van der Waals surface area contributed by atoms with Crippen molar-refractivity contribution < 1.29 is 4.79 Å². The SMILES string of the molecule is Cc1nnc(SCc2ccccc2Cl)n1CC(N)=O. The molecule has 5 nitrogen and oxygen atoms in total. The van der Waals surface area contributed by atoms with Crippen LogP contribution in [0.15, 0.2) is 29.4 Å². The number of thioether (sulfide) groups is 1. The molecule has 0 radical (unpaired) electrons. The minimum atomic E-state index is -0.414. The lowest BCUT2D eigenvalue weighted by Crippen LogP contribution is -2.20. The van der Waals surface area contributed by atoms with Gasteiger partial charge in [0.2, 0.25) is 5.91 Å². The summed E-state index contributed by atoms with van der Waals surface area (Å²) in [6.07, 6.45) is 0. The molecule has 100 valence electrons. The van der Waals surface area contributed by atoms with Gasteiger partial charge in [0.05, 0.1) is 0 Å². The summed E-state index contributed by atoms with van der Waals surface area (Å²) in [6.45, 7) is 1.87. The van der Waals surface area contributed by atoms with Crippen LogP contribution in [0, 0.1) is 6.92 Å². The van der Waals surface area contributed by atoms with Crippen molar-refractivity contribution in [3.05, 3.63) is 40.7 Å². The minimum Gasteiger partial charge on any atom is -0.368 e. The Morgan fingerprint density at radius 2 is 2.16 bits per heavy atom. The molecule has 0 spiro atoms. The highest BCUT2D eigenvalue weighted by Crippen LogP contribution is 2.25. The fraction of sp³-hybridized carbons (Fsp3) is 0.250. The number of primary amides is 1. The Morgan fingerprint density at radius 3 is 2.84 bits per heavy atom. The number of nitrogens with two attached hydrogens (primary N) is 1. The zero-order valence-corrected chi connectivity index (χ0v) is 11.9. The molecule has 0 aliphatic rings. The summed E-state index contributed by atoms with van der Waals surface area (Å²) in [5.74, 6) is 0.916. The van der Waals surface area contributed by atoms with Crippen LogP contribution in [0.2, 0.25) is 5.02 Å². The third kappa shape index (κ3) is 3.48. The first-order valence-corrected chi connectivity index (χ1v) is 6.98. The van der Waals surface area contributed by atoms with Gasteiger partial charge >= 0.3 is 0 Å². The summed E-state index contributed by atoms with van der Waals surface area (Å²) >= 11 is 7.56. The van der Waals surface area contributed by atoms with Gasteiger partial charge in [-0.05, 0) is 18.6 Å². The van der Waals surface area contributed by atoms with E-state index in [9.17, 15) is 4.79 Å². The maximum absolute atomic E-state index is 11.0. The van der Waals surface area contributed by atoms with E-state index in [2.05, 4.69) is 10.2 Å². The van der Waals surface area contributed by atoms with E-state index < -0.39 is 5.91 Å². The fourth-order valence-corrected chi connectivity index (χ4v) is 2.83. The largest absolute Gasteiger partial charge is 0.368 e. The lowest BCUT2D eigenvalue weighted by molar-refractivity contribution is -0.118. The van der Waals surface area contributed by atoms with E-state index in [1.54, 1.807) is 11.5 Å². The molecule has 0 unspecified atom stereocenters. The predicted molar refractivity (Wildman–Crippen MR) is 75.0 cm³/mol. The average molecular weight is 297 g/mol. The van der Waals surface area contributed by atoms with Crippen molar-refractivity contribution >= 4 is 29.3 Å². The Morgan fingerprint density at radius 1 is 1.42 bits per heavy atom. The molecule has 1 aromatic carbocycles. The zero-order chi connectivity index (χ0) is 13.8. The van der Waals surface area contributed by atoms with Gasteiger partial charge in [0.25, 0.3) is 0 Å². The van der Waals surface area contributed by atoms with Crippen LogP contribution < -0.4 is 5.73 Å². The summed E-state index contributed by atoms with van der Waals surface area (Å²) in [6, 6.07) is 7.62. The third-order valence-electron chi connectivity index (χ3n) is 2.53. The Balaban J connectivity index is 2.12. The highest BCUT2D eigenvalue weighted by molar-refractivity contribution is 7.98. The van der Waals surface area contributed by atoms with Gasteiger partial charge in [0.15, 0.2) is 5.16 Å². The van der Waals surface area contributed by atoms with Crippen LogP contribution in [-0.2, 0) is 17.1 Å². The summed E-state index contributed by atoms with van der Waals surface area (Å²) in [5.41, 5.74) is 6.22. The van der Waals surface area contributed by atoms with Crippen molar-refractivity contribution in [3.63, 3.8) is 0 Å². The van der Waals surface area contributed by atoms with Crippen LogP contribution in [0.5, 0.6) is 0 Å². The first-order chi connectivity index (χ1) is 9.08. The second-order valence-electron chi connectivity index (χ2n) is 3.96. The van der Waals surface area contributed by atoms with Crippen LogP contribution >= 0.6 is 23.4 Å². The normalized spacial score (nSPS) is 10.6. The summed E-state index contributed by atoms with van der Waals surface area (Å²) in [4.78, 5) is 11.0. The molecule has 2 aromatic rings. The van der Waals surface area contributed by atoms with E-state index in [1.165, 1.54) is 11.8 Å². The van der Waals surface area contributed by atoms with Crippen molar-refractivity contribution in [2.75, 3.05) is 0 Å². The number of hydrogen-bond donors (Lipinski definition) is 1. The van der Waals surface area contributed by atoms with E-state index in [4.69, 9.17) is 17.3 Å². The zero-order valence-electron chi connectivity index (χ0n) is 10.3. The molecular weight excluding hydrogens is 284 g/mol. The molecule has 0 atom stereocenters. The second-order valence-corrected chi connectivity index (χ2v) is 5.31. The fourth-order valence-electron chi connectivity index (χ4n) is 1.56. The summed E-state index contributed by atoms with van der Waals surface area (Å²) < 4.78 is 1.70. The molecule has 0 bridgehead atoms. The molecule has 0 fully saturated rings. The standard InChI is InChI=1S/C12H13ClN4OS/c1-8-15-16-12(17(8)6-11(14)18)19-7-9-4-2-3-5-10(9)13/h2-5H,6-7H2,1H3,(H2,14,18). The van der Waals surface area contributed by atoms with Crippen molar-refractivity contribution in [1.29, 1.82) is 0 Å². The van der Waals surface area contributed by atoms with Crippen molar-refractivity contribution in [1.82, 2.24) is 14.8 Å². The van der Waals surface area contributed by atoms with E-state index in [0.29, 0.717) is 21.8 Å². The molecule has 19 heavy (non-hydrogen) atoms. The third-order valence-corrected chi connectivity index (χ3v) is 3.91. The molecular formula is C12H13ClN4OS. The number of aryl methyl sites for hydroxylation is 1. The molecule has 0 saturated heterocycles. The van der Waals surface area contributed by atoms with Gasteiger partial charge in [-0.1, -0.05) is 41.6 Å². The lowest BCUT2D eigenvalue weighted by Gasteiger charge is -2.06. The van der Waals surface area contributed by atoms with Gasteiger partial charge in [-0.15, -0.1) is 10.2 Å². The monoisotopic (exact) mass is 296 g/mol. The van der Waals surface area contributed by atoms with Crippen molar-refractivity contribution in [2.24, 2.45) is 5.73 Å². The lowest BCUT2D eigenvalue weighted by atomic mass is 10.2. The van der Waals surface area contributed by atoms with Crippen LogP contribution in [-0.4, -0.2) is 20.7 Å². The second kappa shape index (κ2) is 6.08. The quantitative estimate of drug-likeness (QED) is 0.857. The maximum atomic E-state index is 11.0. The van der Waals surface area contributed by atoms with Crippen molar-refractivity contribution in [2.45, 2.75) is 24.4 Å². The predicted octanol–water partition coefficient (Wildman–Crippen LogP) is 2.02. The minimum absolute atomic E-state index is 0.0870. The topological polar surface area (TPSA) is 73.8 Å². The number of amides is 1. The number of rotatable bonds is 5. The smallest absolute Gasteiger partial charge is 0.237 e. The van der Waals surface area contributed by atoms with Gasteiger partial charge in [-0.25, -0.2) is 0 Å². The van der Waals surface area contributed by atoms with Crippen LogP contribution in [0.3, 0.4) is 0 Å². The Labute approximate surface area is 120 Å². The first-order valence-electron chi connectivity index (χ1n) is 5.62. The molecule has 0 aliphatic heterocycles. The van der Waals surface area contributed by atoms with E-state index in [0.717, 1.165) is 5.56 Å². The molecule has 1 amide bonds. The summed E-state index contributed by atoms with van der Waals surface area (Å²) in [5, 5.41) is 9.37. The first kappa shape index (κ1) is 13.9. The molecule has 0 saturated carbocycles. The molecule has 1 heterocycles. The molecule has 0 aliphatic carbocycles. The molecule has 1 aromatic heterocycles. The Hall–Kier alpha value is -1.53. The van der Waals surface area contributed by atoms with Gasteiger partial charge in [0, 0.05) is 10.8 Å². The summed E-state index contributed by atoms with van der Waals surface area (Å²) in [7, 11) is 0. The van der Waals surface area contributed by atoms with Crippen LogP contribution in [0.4, 0.5) is 0 Å². The average Bonchev–Trinajstić information content (AvgIpc) is 2.70. The number of benzene rings is 1. The number of carbonyl (C=O) groups excluding carboxylic acids is 1. The number of nitrogens with zero attached hydrogens (tertiary/aromatic N) is 3. The highest BCUT2D eigenvalue weighted by Gasteiger charge is 2.12. The number of carbonyl (C=O) groups is 1.